The van der Waals surface area contributed by atoms with Crippen LogP contribution < -0.4 is 9.62 Å². The lowest BCUT2D eigenvalue weighted by atomic mass is 10.2. The molecule has 0 heterocycles. The van der Waals surface area contributed by atoms with Gasteiger partial charge in [-0.05, 0) is 48.5 Å². The van der Waals surface area contributed by atoms with E-state index >= 15 is 0 Å². The van der Waals surface area contributed by atoms with Gasteiger partial charge in [0.05, 0.1) is 5.69 Å². The summed E-state index contributed by atoms with van der Waals surface area (Å²) in [6, 6.07) is 13.1. The molecular weight excluding hydrogens is 350 g/mol. The van der Waals surface area contributed by atoms with Gasteiger partial charge >= 0.3 is 10.2 Å². The number of nitrogens with one attached hydrogen (secondary N) is 1. The first-order valence-electron chi connectivity index (χ1n) is 7.05. The Morgan fingerprint density at radius 2 is 1.50 bits per heavy atom. The number of rotatable bonds is 5. The molecule has 1 N–H and O–H groups in total. The van der Waals surface area contributed by atoms with Crippen molar-refractivity contribution in [3.8, 4) is 0 Å². The highest BCUT2D eigenvalue weighted by atomic mass is 35.5. The first-order valence-corrected chi connectivity index (χ1v) is 8.82. The number of hydrogen-bond acceptors (Lipinski definition) is 3. The molecule has 128 valence electrons. The van der Waals surface area contributed by atoms with Gasteiger partial charge in [-0.2, -0.15) is 12.7 Å². The van der Waals surface area contributed by atoms with Crippen molar-refractivity contribution in [2.24, 2.45) is 0 Å². The first-order chi connectivity index (χ1) is 11.2. The third-order valence-electron chi connectivity index (χ3n) is 3.40. The number of nitrogens with zero attached hydrogens (tertiary/aromatic N) is 2. The van der Waals surface area contributed by atoms with Crippen LogP contribution in [0.15, 0.2) is 48.5 Å². The van der Waals surface area contributed by atoms with Crippen molar-refractivity contribution < 1.29 is 13.2 Å². The molecule has 0 aliphatic rings. The lowest BCUT2D eigenvalue weighted by molar-refractivity contribution is 0.102. The number of carbonyl (C=O) groups is 1. The second-order valence-corrected chi connectivity index (χ2v) is 7.88. The van der Waals surface area contributed by atoms with Crippen LogP contribution in [0.1, 0.15) is 10.4 Å². The zero-order valence-electron chi connectivity index (χ0n) is 13.5. The summed E-state index contributed by atoms with van der Waals surface area (Å²) in [4.78, 5) is 12.2. The molecule has 2 aromatic carbocycles. The van der Waals surface area contributed by atoms with Crippen LogP contribution in [0.25, 0.3) is 0 Å². The highest BCUT2D eigenvalue weighted by molar-refractivity contribution is 7.90. The van der Waals surface area contributed by atoms with Gasteiger partial charge < -0.3 is 5.32 Å². The minimum atomic E-state index is -3.56. The highest BCUT2D eigenvalue weighted by Gasteiger charge is 2.21. The average molecular weight is 368 g/mol. The standard InChI is InChI=1S/C16H18ClN3O3S/c1-19(2)24(22,23)20(3)15-10-4-12(5-11-15)16(21)18-14-8-6-13(17)7-9-14/h4-11H,1-3H3,(H,18,21). The summed E-state index contributed by atoms with van der Waals surface area (Å²) < 4.78 is 26.4. The Hall–Kier alpha value is -2.09. The summed E-state index contributed by atoms with van der Waals surface area (Å²) >= 11 is 5.80. The van der Waals surface area contributed by atoms with Crippen LogP contribution in [-0.2, 0) is 10.2 Å². The molecule has 0 atom stereocenters. The monoisotopic (exact) mass is 367 g/mol. The molecule has 0 bridgehead atoms. The van der Waals surface area contributed by atoms with Gasteiger partial charge in [0.1, 0.15) is 0 Å². The summed E-state index contributed by atoms with van der Waals surface area (Å²) in [6.45, 7) is 0. The molecular formula is C16H18ClN3O3S. The Bertz CT molecular complexity index is 819. The Balaban J connectivity index is 2.14. The van der Waals surface area contributed by atoms with Gasteiger partial charge in [-0.3, -0.25) is 9.10 Å². The highest BCUT2D eigenvalue weighted by Crippen LogP contribution is 2.19. The minimum Gasteiger partial charge on any atom is -0.322 e. The van der Waals surface area contributed by atoms with E-state index in [2.05, 4.69) is 5.32 Å². The molecule has 0 unspecified atom stereocenters. The summed E-state index contributed by atoms with van der Waals surface area (Å²) in [5, 5.41) is 3.33. The largest absolute Gasteiger partial charge is 0.322 e. The van der Waals surface area contributed by atoms with Crippen LogP contribution >= 0.6 is 11.6 Å². The van der Waals surface area contributed by atoms with Crippen LogP contribution in [-0.4, -0.2) is 39.8 Å². The summed E-state index contributed by atoms with van der Waals surface area (Å²) in [7, 11) is 0.811. The van der Waals surface area contributed by atoms with E-state index in [0.29, 0.717) is 22.0 Å². The molecule has 0 aromatic heterocycles. The average Bonchev–Trinajstić information content (AvgIpc) is 2.56. The maximum atomic E-state index is 12.2. The first kappa shape index (κ1) is 18.3. The molecule has 24 heavy (non-hydrogen) atoms. The van der Waals surface area contributed by atoms with E-state index in [0.717, 1.165) is 8.61 Å². The summed E-state index contributed by atoms with van der Waals surface area (Å²) in [5.41, 5.74) is 1.51. The number of benzene rings is 2. The fourth-order valence-corrected chi connectivity index (χ4v) is 2.94. The van der Waals surface area contributed by atoms with Crippen molar-refractivity contribution in [3.63, 3.8) is 0 Å². The second-order valence-electron chi connectivity index (χ2n) is 5.27. The van der Waals surface area contributed by atoms with Gasteiger partial charge in [0.2, 0.25) is 0 Å². The molecule has 0 saturated heterocycles. The molecule has 6 nitrogen and oxygen atoms in total. The van der Waals surface area contributed by atoms with Crippen molar-refractivity contribution in [2.45, 2.75) is 0 Å². The predicted octanol–water partition coefficient (Wildman–Crippen LogP) is 2.83. The number of halogens is 1. The number of carbonyl (C=O) groups excluding carboxylic acids is 1. The van der Waals surface area contributed by atoms with E-state index in [-0.39, 0.29) is 5.91 Å². The molecule has 0 aliphatic carbocycles. The van der Waals surface area contributed by atoms with Crippen molar-refractivity contribution in [3.05, 3.63) is 59.1 Å². The van der Waals surface area contributed by atoms with Crippen molar-refractivity contribution >= 4 is 39.1 Å². The van der Waals surface area contributed by atoms with E-state index in [9.17, 15) is 13.2 Å². The van der Waals surface area contributed by atoms with Crippen LogP contribution in [0.4, 0.5) is 11.4 Å². The van der Waals surface area contributed by atoms with E-state index in [1.165, 1.54) is 21.1 Å². The number of hydrogen-bond donors (Lipinski definition) is 1. The number of anilines is 2. The molecule has 1 amide bonds. The molecule has 2 rings (SSSR count). The Morgan fingerprint density at radius 3 is 2.00 bits per heavy atom. The maximum absolute atomic E-state index is 12.2. The molecule has 8 heteroatoms. The second kappa shape index (κ2) is 7.21. The van der Waals surface area contributed by atoms with Crippen LogP contribution in [0, 0.1) is 0 Å². The van der Waals surface area contributed by atoms with E-state index < -0.39 is 10.2 Å². The smallest absolute Gasteiger partial charge is 0.303 e. The third kappa shape index (κ3) is 4.05. The Morgan fingerprint density at radius 1 is 0.958 bits per heavy atom. The van der Waals surface area contributed by atoms with E-state index in [1.807, 2.05) is 0 Å². The quantitative estimate of drug-likeness (QED) is 0.883. The van der Waals surface area contributed by atoms with Gasteiger partial charge in [0.15, 0.2) is 0 Å². The van der Waals surface area contributed by atoms with Gasteiger partial charge in [-0.25, -0.2) is 0 Å². The lowest BCUT2D eigenvalue weighted by Gasteiger charge is -2.23. The fraction of sp³-hybridized carbons (Fsp3) is 0.188. The van der Waals surface area contributed by atoms with Crippen molar-refractivity contribution in [1.29, 1.82) is 0 Å². The zero-order chi connectivity index (χ0) is 17.9. The minimum absolute atomic E-state index is 0.290. The van der Waals surface area contributed by atoms with Crippen molar-refractivity contribution in [2.75, 3.05) is 30.8 Å². The van der Waals surface area contributed by atoms with Crippen molar-refractivity contribution in [1.82, 2.24) is 4.31 Å². The fourth-order valence-electron chi connectivity index (χ4n) is 1.94. The molecule has 0 radical (unpaired) electrons. The van der Waals surface area contributed by atoms with Gasteiger partial charge in [0, 0.05) is 37.4 Å². The Kier molecular flexibility index (Phi) is 5.48. The molecule has 0 saturated carbocycles. The SMILES string of the molecule is CN(C)S(=O)(=O)N(C)c1ccc(C(=O)Nc2ccc(Cl)cc2)cc1. The van der Waals surface area contributed by atoms with Crippen LogP contribution in [0.5, 0.6) is 0 Å². The van der Waals surface area contributed by atoms with E-state index in [4.69, 9.17) is 11.6 Å². The molecule has 0 spiro atoms. The van der Waals surface area contributed by atoms with Gasteiger partial charge in [-0.1, -0.05) is 11.6 Å². The maximum Gasteiger partial charge on any atom is 0.303 e. The van der Waals surface area contributed by atoms with Crippen LogP contribution in [0.2, 0.25) is 5.02 Å². The molecule has 0 fully saturated rings. The lowest BCUT2D eigenvalue weighted by Crippen LogP contribution is -2.37. The summed E-state index contributed by atoms with van der Waals surface area (Å²) in [6.07, 6.45) is 0. The summed E-state index contributed by atoms with van der Waals surface area (Å²) in [5.74, 6) is -0.290. The normalized spacial score (nSPS) is 11.4. The molecule has 0 aliphatic heterocycles. The third-order valence-corrected chi connectivity index (χ3v) is 5.48. The van der Waals surface area contributed by atoms with Crippen LogP contribution in [0.3, 0.4) is 0 Å². The Labute approximate surface area is 146 Å². The predicted molar refractivity (Wildman–Crippen MR) is 96.9 cm³/mol. The van der Waals surface area contributed by atoms with E-state index in [1.54, 1.807) is 48.5 Å². The zero-order valence-corrected chi connectivity index (χ0v) is 15.1. The number of amides is 1. The molecule has 2 aromatic rings. The van der Waals surface area contributed by atoms with Gasteiger partial charge in [-0.15, -0.1) is 0 Å². The van der Waals surface area contributed by atoms with Gasteiger partial charge in [0.25, 0.3) is 5.91 Å². The topological polar surface area (TPSA) is 69.7 Å².